The summed E-state index contributed by atoms with van der Waals surface area (Å²) in [5, 5.41) is 67.1. The number of carbonyl (C=O) groups is 1. The van der Waals surface area contributed by atoms with Crippen molar-refractivity contribution in [2.24, 2.45) is 0 Å². The molecular weight excluding hydrogens is 480 g/mol. The van der Waals surface area contributed by atoms with Crippen molar-refractivity contribution in [3.63, 3.8) is 0 Å². The van der Waals surface area contributed by atoms with Crippen molar-refractivity contribution >= 4 is 40.1 Å². The summed E-state index contributed by atoms with van der Waals surface area (Å²) in [6, 6.07) is 2.28. The van der Waals surface area contributed by atoms with Gasteiger partial charge in [-0.25, -0.2) is 9.59 Å². The molecule has 182 valence electrons. The van der Waals surface area contributed by atoms with Gasteiger partial charge in [0.05, 0.1) is 28.6 Å². The average molecular weight is 505 g/mol. The number of carboxylic acids is 1. The molecular formula is C21H25ClO10S. The highest BCUT2D eigenvalue weighted by Crippen LogP contribution is 2.36. The molecule has 2 aromatic rings. The largest absolute Gasteiger partial charge is 0.507 e. The lowest BCUT2D eigenvalue weighted by molar-refractivity contribution is -0.145. The summed E-state index contributed by atoms with van der Waals surface area (Å²) in [5.41, 5.74) is -0.876. The number of aromatic hydroxyl groups is 2. The van der Waals surface area contributed by atoms with Crippen molar-refractivity contribution in [3.05, 3.63) is 45.5 Å². The molecule has 0 bridgehead atoms. The molecule has 5 atom stereocenters. The van der Waals surface area contributed by atoms with Crippen LogP contribution in [0.25, 0.3) is 10.8 Å². The third-order valence-corrected chi connectivity index (χ3v) is 6.56. The SMILES string of the molecule is C[C@H](O)C[C@@H](O)[C@@H](SC[C@@H](O)C(=O)O)[C@@H](O)C=CCc1cc2c(Cl)c(O)cc(O)c2c(=O)o1. The summed E-state index contributed by atoms with van der Waals surface area (Å²) in [4.78, 5) is 23.0. The number of thioether (sulfide) groups is 1. The Hall–Kier alpha value is -2.28. The van der Waals surface area contributed by atoms with Crippen LogP contribution in [0.2, 0.25) is 5.02 Å². The number of hydrogen-bond donors (Lipinski definition) is 7. The van der Waals surface area contributed by atoms with Gasteiger partial charge in [0, 0.05) is 30.0 Å². The topological polar surface area (TPSA) is 189 Å². The third kappa shape index (κ3) is 7.10. The van der Waals surface area contributed by atoms with E-state index in [9.17, 15) is 40.2 Å². The maximum absolute atomic E-state index is 12.2. The number of phenolic OH excluding ortho intramolecular Hbond substituents is 2. The lowest BCUT2D eigenvalue weighted by Gasteiger charge is -2.26. The van der Waals surface area contributed by atoms with Crippen LogP contribution in [0.1, 0.15) is 19.1 Å². The number of benzene rings is 1. The molecule has 0 aliphatic rings. The molecule has 0 fully saturated rings. The first kappa shape index (κ1) is 27.0. The van der Waals surface area contributed by atoms with Gasteiger partial charge in [0.1, 0.15) is 22.6 Å². The monoisotopic (exact) mass is 504 g/mol. The van der Waals surface area contributed by atoms with Crippen LogP contribution in [-0.2, 0) is 11.2 Å². The Bertz CT molecular complexity index is 1070. The second kappa shape index (κ2) is 11.7. The summed E-state index contributed by atoms with van der Waals surface area (Å²) in [7, 11) is 0. The van der Waals surface area contributed by atoms with Gasteiger partial charge in [-0.05, 0) is 13.0 Å². The van der Waals surface area contributed by atoms with E-state index in [1.807, 2.05) is 0 Å². The van der Waals surface area contributed by atoms with Crippen molar-refractivity contribution in [2.75, 3.05) is 5.75 Å². The molecule has 0 spiro atoms. The summed E-state index contributed by atoms with van der Waals surface area (Å²) in [6.45, 7) is 1.45. The number of rotatable bonds is 11. The van der Waals surface area contributed by atoms with Gasteiger partial charge >= 0.3 is 11.6 Å². The van der Waals surface area contributed by atoms with Crippen LogP contribution in [0.15, 0.2) is 33.5 Å². The number of phenols is 2. The fourth-order valence-corrected chi connectivity index (χ4v) is 4.46. The maximum atomic E-state index is 12.2. The van der Waals surface area contributed by atoms with E-state index in [0.717, 1.165) is 17.8 Å². The first-order chi connectivity index (χ1) is 15.4. The number of aliphatic hydroxyl groups is 4. The van der Waals surface area contributed by atoms with Gasteiger partial charge in [-0.2, -0.15) is 0 Å². The molecule has 1 aromatic carbocycles. The fraction of sp³-hybridized carbons (Fsp3) is 0.429. The van der Waals surface area contributed by atoms with E-state index < -0.39 is 52.8 Å². The summed E-state index contributed by atoms with van der Waals surface area (Å²) >= 11 is 6.85. The summed E-state index contributed by atoms with van der Waals surface area (Å²) in [5.74, 6) is -2.54. The van der Waals surface area contributed by atoms with Crippen LogP contribution in [0.5, 0.6) is 11.5 Å². The number of allylic oxidation sites excluding steroid dienone is 1. The number of hydrogen-bond acceptors (Lipinski definition) is 10. The van der Waals surface area contributed by atoms with Crippen LogP contribution in [0.3, 0.4) is 0 Å². The minimum absolute atomic E-state index is 0.00335. The zero-order valence-corrected chi connectivity index (χ0v) is 19.0. The van der Waals surface area contributed by atoms with Gasteiger partial charge in [-0.3, -0.25) is 0 Å². The second-order valence-electron chi connectivity index (χ2n) is 7.44. The molecule has 0 amide bonds. The normalized spacial score (nSPS) is 16.5. The average Bonchev–Trinajstić information content (AvgIpc) is 2.70. The van der Waals surface area contributed by atoms with Gasteiger partial charge in [0.15, 0.2) is 6.10 Å². The Balaban J connectivity index is 2.21. The van der Waals surface area contributed by atoms with Crippen molar-refractivity contribution < 1.29 is 45.0 Å². The van der Waals surface area contributed by atoms with E-state index in [1.165, 1.54) is 25.1 Å². The minimum Gasteiger partial charge on any atom is -0.507 e. The van der Waals surface area contributed by atoms with Crippen molar-refractivity contribution in [1.29, 1.82) is 0 Å². The van der Waals surface area contributed by atoms with Crippen molar-refractivity contribution in [1.82, 2.24) is 0 Å². The van der Waals surface area contributed by atoms with Gasteiger partial charge in [0.2, 0.25) is 0 Å². The molecule has 1 heterocycles. The van der Waals surface area contributed by atoms with E-state index in [4.69, 9.17) is 21.1 Å². The van der Waals surface area contributed by atoms with Gasteiger partial charge < -0.3 is 40.2 Å². The maximum Gasteiger partial charge on any atom is 0.347 e. The predicted molar refractivity (Wildman–Crippen MR) is 122 cm³/mol. The predicted octanol–water partition coefficient (Wildman–Crippen LogP) is 0.996. The zero-order valence-electron chi connectivity index (χ0n) is 17.5. The highest BCUT2D eigenvalue weighted by molar-refractivity contribution is 8.00. The van der Waals surface area contributed by atoms with Crippen molar-refractivity contribution in [2.45, 2.75) is 49.4 Å². The van der Waals surface area contributed by atoms with Crippen LogP contribution < -0.4 is 5.63 Å². The van der Waals surface area contributed by atoms with Gasteiger partial charge in [-0.15, -0.1) is 11.8 Å². The fourth-order valence-electron chi connectivity index (χ4n) is 3.09. The molecule has 10 nitrogen and oxygen atoms in total. The Labute approximate surface area is 197 Å². The van der Waals surface area contributed by atoms with E-state index in [0.29, 0.717) is 0 Å². The molecule has 33 heavy (non-hydrogen) atoms. The van der Waals surface area contributed by atoms with Crippen molar-refractivity contribution in [3.8, 4) is 11.5 Å². The molecule has 0 aliphatic carbocycles. The number of carboxylic acid groups (broad SMARTS) is 1. The Morgan fingerprint density at radius 3 is 2.45 bits per heavy atom. The van der Waals surface area contributed by atoms with E-state index >= 15 is 0 Å². The number of fused-ring (bicyclic) bond motifs is 1. The van der Waals surface area contributed by atoms with Gasteiger partial charge in [0.25, 0.3) is 0 Å². The Kier molecular flexibility index (Phi) is 9.58. The Morgan fingerprint density at radius 1 is 1.18 bits per heavy atom. The number of aliphatic hydroxyl groups excluding tert-OH is 4. The van der Waals surface area contributed by atoms with E-state index in [2.05, 4.69) is 0 Å². The third-order valence-electron chi connectivity index (χ3n) is 4.68. The summed E-state index contributed by atoms with van der Waals surface area (Å²) < 4.78 is 5.14. The summed E-state index contributed by atoms with van der Waals surface area (Å²) in [6.07, 6.45) is -2.45. The quantitative estimate of drug-likeness (QED) is 0.216. The van der Waals surface area contributed by atoms with Crippen LogP contribution in [0, 0.1) is 0 Å². The first-order valence-corrected chi connectivity index (χ1v) is 11.3. The number of aliphatic carboxylic acids is 1. The zero-order chi connectivity index (χ0) is 24.9. The lowest BCUT2D eigenvalue weighted by atomic mass is 10.0. The minimum atomic E-state index is -1.70. The first-order valence-electron chi connectivity index (χ1n) is 9.82. The molecule has 2 rings (SSSR count). The van der Waals surface area contributed by atoms with Crippen LogP contribution in [0.4, 0.5) is 0 Å². The highest BCUT2D eigenvalue weighted by Gasteiger charge is 2.29. The standard InChI is InChI=1S/C21H25ClO10S/c1-9(23)5-15(27)19(33-8-16(28)20(29)30)12(24)4-2-3-10-6-11-17(21(31)32-10)13(25)7-14(26)18(11)22/h2,4,6-7,9,12,15-16,19,23-28H,3,5,8H2,1H3,(H,29,30)/t9-,12-,15+,16+,19-/m0/s1. The molecule has 1 aromatic heterocycles. The molecule has 0 unspecified atom stereocenters. The molecule has 0 aliphatic heterocycles. The molecule has 0 saturated heterocycles. The van der Waals surface area contributed by atoms with E-state index in [-0.39, 0.29) is 40.1 Å². The second-order valence-corrected chi connectivity index (χ2v) is 9.03. The molecule has 7 N–H and O–H groups in total. The molecule has 0 saturated carbocycles. The number of halogens is 1. The van der Waals surface area contributed by atoms with Crippen LogP contribution >= 0.6 is 23.4 Å². The Morgan fingerprint density at radius 2 is 1.85 bits per heavy atom. The van der Waals surface area contributed by atoms with Crippen LogP contribution in [-0.4, -0.2) is 77.1 Å². The van der Waals surface area contributed by atoms with E-state index in [1.54, 1.807) is 0 Å². The molecule has 0 radical (unpaired) electrons. The van der Waals surface area contributed by atoms with Gasteiger partial charge in [-0.1, -0.05) is 23.8 Å². The highest BCUT2D eigenvalue weighted by atomic mass is 35.5. The lowest BCUT2D eigenvalue weighted by Crippen LogP contribution is -2.37. The smallest absolute Gasteiger partial charge is 0.347 e. The molecule has 12 heteroatoms.